The first-order valence-electron chi connectivity index (χ1n) is 3.77. The fraction of sp³-hybridized carbons (Fsp3) is 1.00. The van der Waals surface area contributed by atoms with Gasteiger partial charge in [0.05, 0.1) is 6.67 Å². The topological polar surface area (TPSA) is 23.1 Å². The average Bonchev–Trinajstić information content (AvgIpc) is 2.31. The van der Waals surface area contributed by atoms with Crippen LogP contribution >= 0.6 is 0 Å². The Balaban J connectivity index is 2.06. The van der Waals surface area contributed by atoms with Gasteiger partial charge in [0.1, 0.15) is 6.10 Å². The van der Waals surface area contributed by atoms with Crippen LogP contribution in [0.2, 0.25) is 0 Å². The zero-order valence-electron chi connectivity index (χ0n) is 6.05. The maximum absolute atomic E-state index is 11.6. The van der Waals surface area contributed by atoms with Crippen LogP contribution in [0, 0.1) is 0 Å². The Morgan fingerprint density at radius 1 is 1.60 bits per heavy atom. The minimum absolute atomic E-state index is 0.264. The van der Waals surface area contributed by atoms with E-state index in [4.69, 9.17) is 0 Å². The Morgan fingerprint density at radius 2 is 2.40 bits per heavy atom. The molecule has 0 spiro atoms. The van der Waals surface area contributed by atoms with Gasteiger partial charge in [-0.3, -0.25) is 4.39 Å². The predicted molar refractivity (Wildman–Crippen MR) is 36.1 cm³/mol. The first-order chi connectivity index (χ1) is 4.83. The van der Waals surface area contributed by atoms with E-state index in [1.807, 2.05) is 4.90 Å². The third-order valence-corrected chi connectivity index (χ3v) is 1.84. The molecule has 0 aromatic rings. The summed E-state index contributed by atoms with van der Waals surface area (Å²) in [4.78, 5) is 2.04. The number of rotatable bonds is 3. The smallest absolute Gasteiger partial charge is 0.107 e. The minimum Gasteiger partial charge on any atom is -0.300 e. The van der Waals surface area contributed by atoms with Crippen LogP contribution in [-0.2, 0) is 5.11 Å². The summed E-state index contributed by atoms with van der Waals surface area (Å²) in [6, 6.07) is 0. The molecule has 0 aliphatic carbocycles. The summed E-state index contributed by atoms with van der Waals surface area (Å²) in [5, 5.41) is 10.8. The molecular formula is C7H13FNO. The fourth-order valence-electron chi connectivity index (χ4n) is 1.28. The van der Waals surface area contributed by atoms with Gasteiger partial charge in [-0.2, -0.15) is 0 Å². The molecule has 1 atom stereocenters. The first-order valence-corrected chi connectivity index (χ1v) is 3.77. The second-order valence-corrected chi connectivity index (χ2v) is 2.75. The molecule has 1 aliphatic heterocycles. The summed E-state index contributed by atoms with van der Waals surface area (Å²) in [6.45, 7) is 1.99. The van der Waals surface area contributed by atoms with Crippen LogP contribution in [0.1, 0.15) is 12.8 Å². The highest BCUT2D eigenvalue weighted by molar-refractivity contribution is 4.73. The molecule has 0 amide bonds. The monoisotopic (exact) mass is 146 g/mol. The molecule has 0 N–H and O–H groups in total. The molecule has 10 heavy (non-hydrogen) atoms. The first kappa shape index (κ1) is 7.95. The second kappa shape index (κ2) is 3.88. The lowest BCUT2D eigenvalue weighted by molar-refractivity contribution is 0.0947. The van der Waals surface area contributed by atoms with Crippen molar-refractivity contribution in [3.05, 3.63) is 0 Å². The molecule has 1 heterocycles. The van der Waals surface area contributed by atoms with Crippen LogP contribution in [0.25, 0.3) is 0 Å². The minimum atomic E-state index is -0.417. The number of hydrogen-bond donors (Lipinski definition) is 0. The third-order valence-electron chi connectivity index (χ3n) is 1.84. The zero-order valence-corrected chi connectivity index (χ0v) is 6.05. The molecule has 1 rings (SSSR count). The lowest BCUT2D eigenvalue weighted by Crippen LogP contribution is -2.23. The van der Waals surface area contributed by atoms with Crippen LogP contribution in [-0.4, -0.2) is 37.3 Å². The molecule has 0 bridgehead atoms. The van der Waals surface area contributed by atoms with Crippen LogP contribution in [0.5, 0.6) is 0 Å². The molecule has 0 aromatic carbocycles. The normalized spacial score (nSPS) is 27.6. The van der Waals surface area contributed by atoms with Gasteiger partial charge in [0.2, 0.25) is 0 Å². The molecule has 1 fully saturated rings. The zero-order chi connectivity index (χ0) is 7.40. The van der Waals surface area contributed by atoms with Crippen molar-refractivity contribution < 1.29 is 9.50 Å². The van der Waals surface area contributed by atoms with E-state index < -0.39 is 6.10 Å². The van der Waals surface area contributed by atoms with E-state index in [-0.39, 0.29) is 6.67 Å². The van der Waals surface area contributed by atoms with Gasteiger partial charge in [-0.15, -0.1) is 0 Å². The molecule has 1 radical (unpaired) electrons. The summed E-state index contributed by atoms with van der Waals surface area (Å²) in [7, 11) is 0. The molecule has 1 saturated heterocycles. The summed E-state index contributed by atoms with van der Waals surface area (Å²) in [5.41, 5.74) is 0. The number of halogens is 1. The van der Waals surface area contributed by atoms with Crippen molar-refractivity contribution >= 4 is 0 Å². The largest absolute Gasteiger partial charge is 0.300 e. The van der Waals surface area contributed by atoms with Gasteiger partial charge < -0.3 is 4.90 Å². The lowest BCUT2D eigenvalue weighted by Gasteiger charge is -2.11. The average molecular weight is 146 g/mol. The van der Waals surface area contributed by atoms with Crippen LogP contribution < -0.4 is 0 Å². The van der Waals surface area contributed by atoms with E-state index in [0.717, 1.165) is 19.5 Å². The molecule has 59 valence electrons. The van der Waals surface area contributed by atoms with Gasteiger partial charge in [-0.25, -0.2) is 5.11 Å². The number of nitrogens with zero attached hydrogens (tertiary/aromatic N) is 1. The number of likely N-dealkylation sites (tertiary alicyclic amines) is 1. The highest BCUT2D eigenvalue weighted by Crippen LogP contribution is 2.08. The van der Waals surface area contributed by atoms with Crippen molar-refractivity contribution in [1.82, 2.24) is 4.90 Å². The Hall–Kier alpha value is -0.150. The Kier molecular flexibility index (Phi) is 3.09. The molecule has 0 saturated carbocycles. The standard InChI is InChI=1S/C7H13FNO/c8-3-1-4-9-5-2-7(10)6-9/h7H,1-6H2/t7-/m0/s1. The van der Waals surface area contributed by atoms with E-state index in [2.05, 4.69) is 0 Å². The molecule has 3 heteroatoms. The van der Waals surface area contributed by atoms with E-state index in [1.54, 1.807) is 0 Å². The molecule has 0 aromatic heterocycles. The number of alkyl halides is 1. The van der Waals surface area contributed by atoms with Crippen molar-refractivity contribution in [1.29, 1.82) is 0 Å². The third kappa shape index (κ3) is 2.23. The van der Waals surface area contributed by atoms with Gasteiger partial charge in [0, 0.05) is 19.6 Å². The number of hydrogen-bond acceptors (Lipinski definition) is 1. The Bertz CT molecular complexity index is 99.6. The molecular weight excluding hydrogens is 133 g/mol. The quantitative estimate of drug-likeness (QED) is 0.579. The van der Waals surface area contributed by atoms with Gasteiger partial charge >= 0.3 is 0 Å². The predicted octanol–water partition coefficient (Wildman–Crippen LogP) is 0.851. The molecule has 0 unspecified atom stereocenters. The van der Waals surface area contributed by atoms with Crippen molar-refractivity contribution in [2.75, 3.05) is 26.3 Å². The van der Waals surface area contributed by atoms with Crippen LogP contribution in [0.4, 0.5) is 4.39 Å². The SMILES string of the molecule is [O][C@H]1CCN(CCCF)C1. The van der Waals surface area contributed by atoms with E-state index in [0.29, 0.717) is 13.0 Å². The van der Waals surface area contributed by atoms with Crippen LogP contribution in [0.15, 0.2) is 0 Å². The summed E-state index contributed by atoms with van der Waals surface area (Å²) in [5.74, 6) is 0. The van der Waals surface area contributed by atoms with Crippen LogP contribution in [0.3, 0.4) is 0 Å². The highest BCUT2D eigenvalue weighted by atomic mass is 19.1. The van der Waals surface area contributed by atoms with Crippen molar-refractivity contribution in [2.24, 2.45) is 0 Å². The lowest BCUT2D eigenvalue weighted by atomic mass is 10.3. The van der Waals surface area contributed by atoms with Gasteiger partial charge in [0.25, 0.3) is 0 Å². The summed E-state index contributed by atoms with van der Waals surface area (Å²) in [6.07, 6.45) is 0.901. The second-order valence-electron chi connectivity index (χ2n) is 2.75. The maximum atomic E-state index is 11.6. The molecule has 1 aliphatic rings. The van der Waals surface area contributed by atoms with E-state index >= 15 is 0 Å². The molecule has 2 nitrogen and oxygen atoms in total. The highest BCUT2D eigenvalue weighted by Gasteiger charge is 2.20. The van der Waals surface area contributed by atoms with Crippen molar-refractivity contribution in [3.63, 3.8) is 0 Å². The van der Waals surface area contributed by atoms with Gasteiger partial charge in [-0.05, 0) is 12.8 Å². The van der Waals surface area contributed by atoms with Crippen molar-refractivity contribution in [2.45, 2.75) is 18.9 Å². The Morgan fingerprint density at radius 3 is 2.90 bits per heavy atom. The Labute approximate surface area is 60.6 Å². The van der Waals surface area contributed by atoms with Gasteiger partial charge in [-0.1, -0.05) is 0 Å². The fourth-order valence-corrected chi connectivity index (χ4v) is 1.28. The van der Waals surface area contributed by atoms with Crippen molar-refractivity contribution in [3.8, 4) is 0 Å². The summed E-state index contributed by atoms with van der Waals surface area (Å²) >= 11 is 0. The van der Waals surface area contributed by atoms with Gasteiger partial charge in [0.15, 0.2) is 0 Å². The summed E-state index contributed by atoms with van der Waals surface area (Å²) < 4.78 is 11.6. The van der Waals surface area contributed by atoms with E-state index in [9.17, 15) is 9.50 Å². The maximum Gasteiger partial charge on any atom is 0.107 e. The van der Waals surface area contributed by atoms with E-state index in [1.165, 1.54) is 0 Å².